The minimum absolute atomic E-state index is 0.0671. The Morgan fingerprint density at radius 1 is 1.04 bits per heavy atom. The van der Waals surface area contributed by atoms with Crippen LogP contribution in [0.4, 0.5) is 15.9 Å². The number of benzene rings is 2. The molecule has 0 aliphatic carbocycles. The zero-order valence-corrected chi connectivity index (χ0v) is 26.3. The zero-order valence-electron chi connectivity index (χ0n) is 25.6. The van der Waals surface area contributed by atoms with Crippen LogP contribution in [-0.4, -0.2) is 90.7 Å². The van der Waals surface area contributed by atoms with Crippen molar-refractivity contribution in [1.29, 1.82) is 0 Å². The van der Waals surface area contributed by atoms with Crippen molar-refractivity contribution in [3.8, 4) is 6.01 Å². The van der Waals surface area contributed by atoms with E-state index >= 15 is 0 Å². The number of likely N-dealkylation sites (tertiary alicyclic amines) is 1. The number of aromatic nitrogens is 2. The normalized spacial score (nSPS) is 19.1. The van der Waals surface area contributed by atoms with Crippen LogP contribution in [0.25, 0.3) is 15.6 Å². The van der Waals surface area contributed by atoms with Gasteiger partial charge >= 0.3 is 6.01 Å². The molecule has 2 fully saturated rings. The van der Waals surface area contributed by atoms with Crippen LogP contribution in [0, 0.1) is 6.57 Å². The van der Waals surface area contributed by atoms with Crippen molar-refractivity contribution in [2.24, 2.45) is 0 Å². The topological polar surface area (TPSA) is 69.4 Å². The Bertz CT molecular complexity index is 1600. The molecule has 2 saturated heterocycles. The second-order valence-corrected chi connectivity index (χ2v) is 12.4. The predicted molar refractivity (Wildman–Crippen MR) is 176 cm³/mol. The Balaban J connectivity index is 1.30. The Hall–Kier alpha value is -3.94. The largest absolute Gasteiger partial charge is 0.462 e. The van der Waals surface area contributed by atoms with Crippen LogP contribution < -0.4 is 14.5 Å². The molecule has 3 aliphatic rings. The fourth-order valence-electron chi connectivity index (χ4n) is 6.82. The van der Waals surface area contributed by atoms with E-state index in [4.69, 9.17) is 32.9 Å². The molecule has 0 saturated carbocycles. The molecule has 0 bridgehead atoms. The van der Waals surface area contributed by atoms with Gasteiger partial charge in [-0.1, -0.05) is 55.3 Å². The number of hydrogen-bond donors (Lipinski definition) is 0. The van der Waals surface area contributed by atoms with E-state index in [1.165, 1.54) is 30.6 Å². The molecule has 1 atom stereocenters. The van der Waals surface area contributed by atoms with Crippen molar-refractivity contribution in [3.05, 3.63) is 76.5 Å². The highest BCUT2D eigenvalue weighted by atomic mass is 35.5. The van der Waals surface area contributed by atoms with Gasteiger partial charge in [-0.25, -0.2) is 11.0 Å². The Labute approximate surface area is 269 Å². The third-order valence-electron chi connectivity index (χ3n) is 9.11. The van der Waals surface area contributed by atoms with E-state index in [1.807, 2.05) is 12.1 Å². The summed E-state index contributed by atoms with van der Waals surface area (Å²) in [6, 6.07) is 12.0. The molecule has 4 heterocycles. The third kappa shape index (κ3) is 6.85. The molecule has 3 aliphatic heterocycles. The van der Waals surface area contributed by atoms with Gasteiger partial charge in [0, 0.05) is 49.4 Å². The number of anilines is 2. The molecule has 0 N–H and O–H groups in total. The summed E-state index contributed by atoms with van der Waals surface area (Å²) in [5, 5.41) is 2.82. The van der Waals surface area contributed by atoms with Crippen LogP contribution >= 0.6 is 11.6 Å². The maximum Gasteiger partial charge on any atom is 0.318 e. The molecular formula is C34H39ClFN7O2. The summed E-state index contributed by atoms with van der Waals surface area (Å²) in [5.41, 5.74) is 2.98. The summed E-state index contributed by atoms with van der Waals surface area (Å²) in [6.45, 7) is 16.6. The van der Waals surface area contributed by atoms with Crippen molar-refractivity contribution in [2.75, 3.05) is 68.8 Å². The molecule has 0 spiro atoms. The number of carbonyl (C=O) groups excluding carboxylic acids is 1. The minimum atomic E-state index is -1.01. The molecule has 9 nitrogen and oxygen atoms in total. The van der Waals surface area contributed by atoms with E-state index in [9.17, 15) is 9.18 Å². The number of halogens is 2. The van der Waals surface area contributed by atoms with Gasteiger partial charge in [0.2, 0.25) is 6.54 Å². The number of nitrogens with zero attached hydrogens (tertiary/aromatic N) is 7. The summed E-state index contributed by atoms with van der Waals surface area (Å²) in [4.78, 5) is 34.2. The monoisotopic (exact) mass is 631 g/mol. The second-order valence-electron chi connectivity index (χ2n) is 12.0. The Kier molecular flexibility index (Phi) is 9.67. The maximum atomic E-state index is 13.8. The molecule has 2 aromatic carbocycles. The first kappa shape index (κ1) is 31.1. The number of rotatable bonds is 8. The standard InChI is InChI=1S/C34H39ClFN7O2/c1-24(36)33(44)43-18-17-42(22-26(43)21-37-2)32-27-13-16-41(30-12-8-10-25-9-7-11-28(35)31(25)30)23-29(27)38-34(39-32)45-20-19-40-14-5-3-4-6-15-40/h7-12,26H,1,3-6,13-23H2/t26-/m0/s1. The number of piperazine rings is 1. The SMILES string of the molecule is [C-]#[N+]C[C@H]1CN(c2nc(OCCN3CCCCCC3)nc3c2CCN(c2cccc4cccc(Cl)c24)C3)CCN1C(=O)C(=C)F. The van der Waals surface area contributed by atoms with Crippen molar-refractivity contribution in [2.45, 2.75) is 44.7 Å². The highest BCUT2D eigenvalue weighted by Gasteiger charge is 2.36. The van der Waals surface area contributed by atoms with Gasteiger partial charge in [0.1, 0.15) is 18.5 Å². The first-order chi connectivity index (χ1) is 21.9. The molecule has 3 aromatic rings. The molecule has 0 unspecified atom stereocenters. The highest BCUT2D eigenvalue weighted by Crippen LogP contribution is 2.37. The van der Waals surface area contributed by atoms with Crippen LogP contribution in [0.5, 0.6) is 6.01 Å². The predicted octanol–water partition coefficient (Wildman–Crippen LogP) is 5.52. The highest BCUT2D eigenvalue weighted by molar-refractivity contribution is 6.36. The summed E-state index contributed by atoms with van der Waals surface area (Å²) in [7, 11) is 0. The van der Waals surface area contributed by atoms with Gasteiger partial charge in [0.15, 0.2) is 5.83 Å². The van der Waals surface area contributed by atoms with Gasteiger partial charge < -0.3 is 24.3 Å². The van der Waals surface area contributed by atoms with E-state index in [0.29, 0.717) is 43.7 Å². The van der Waals surface area contributed by atoms with Gasteiger partial charge in [-0.05, 0) is 49.9 Å². The zero-order chi connectivity index (χ0) is 31.3. The van der Waals surface area contributed by atoms with Gasteiger partial charge in [0.05, 0.1) is 17.3 Å². The Morgan fingerprint density at radius 3 is 2.58 bits per heavy atom. The lowest BCUT2D eigenvalue weighted by molar-refractivity contribution is -0.131. The van der Waals surface area contributed by atoms with E-state index in [1.54, 1.807) is 0 Å². The van der Waals surface area contributed by atoms with Crippen LogP contribution in [0.3, 0.4) is 0 Å². The lowest BCUT2D eigenvalue weighted by atomic mass is 10.0. The van der Waals surface area contributed by atoms with Crippen LogP contribution in [0.2, 0.25) is 5.02 Å². The lowest BCUT2D eigenvalue weighted by Crippen LogP contribution is -2.57. The van der Waals surface area contributed by atoms with Crippen molar-refractivity contribution in [1.82, 2.24) is 19.8 Å². The van der Waals surface area contributed by atoms with E-state index in [2.05, 4.69) is 50.4 Å². The number of ether oxygens (including phenoxy) is 1. The first-order valence-electron chi connectivity index (χ1n) is 15.8. The van der Waals surface area contributed by atoms with E-state index < -0.39 is 17.8 Å². The van der Waals surface area contributed by atoms with E-state index in [-0.39, 0.29) is 13.1 Å². The smallest absolute Gasteiger partial charge is 0.318 e. The van der Waals surface area contributed by atoms with Crippen LogP contribution in [-0.2, 0) is 17.8 Å². The van der Waals surface area contributed by atoms with Gasteiger partial charge in [-0.2, -0.15) is 9.97 Å². The number of fused-ring (bicyclic) bond motifs is 2. The lowest BCUT2D eigenvalue weighted by Gasteiger charge is -2.41. The summed E-state index contributed by atoms with van der Waals surface area (Å²) < 4.78 is 20.1. The molecule has 11 heteroatoms. The maximum absolute atomic E-state index is 13.8. The van der Waals surface area contributed by atoms with Crippen LogP contribution in [0.1, 0.15) is 36.9 Å². The number of amides is 1. The first-order valence-corrected chi connectivity index (χ1v) is 16.2. The molecule has 1 amide bonds. The quantitative estimate of drug-likeness (QED) is 0.240. The number of carbonyl (C=O) groups is 1. The fourth-order valence-corrected chi connectivity index (χ4v) is 7.10. The van der Waals surface area contributed by atoms with Crippen molar-refractivity contribution < 1.29 is 13.9 Å². The van der Waals surface area contributed by atoms with E-state index in [0.717, 1.165) is 59.7 Å². The van der Waals surface area contributed by atoms with Crippen LogP contribution in [0.15, 0.2) is 48.8 Å². The van der Waals surface area contributed by atoms with Gasteiger partial charge in [0.25, 0.3) is 5.91 Å². The molecule has 236 valence electrons. The molecular weight excluding hydrogens is 593 g/mol. The molecule has 45 heavy (non-hydrogen) atoms. The third-order valence-corrected chi connectivity index (χ3v) is 9.42. The minimum Gasteiger partial charge on any atom is -0.462 e. The average molecular weight is 632 g/mol. The summed E-state index contributed by atoms with van der Waals surface area (Å²) >= 11 is 6.70. The van der Waals surface area contributed by atoms with Gasteiger partial charge in [-0.15, -0.1) is 0 Å². The summed E-state index contributed by atoms with van der Waals surface area (Å²) in [6.07, 6.45) is 5.68. The molecule has 1 aromatic heterocycles. The summed E-state index contributed by atoms with van der Waals surface area (Å²) in [5.74, 6) is -0.997. The average Bonchev–Trinajstić information content (AvgIpc) is 3.33. The molecule has 0 radical (unpaired) electrons. The second kappa shape index (κ2) is 14.0. The van der Waals surface area contributed by atoms with Crippen molar-refractivity contribution >= 4 is 39.8 Å². The molecule has 6 rings (SSSR count). The number of hydrogen-bond acceptors (Lipinski definition) is 7. The Morgan fingerprint density at radius 2 is 1.82 bits per heavy atom. The van der Waals surface area contributed by atoms with Crippen molar-refractivity contribution in [3.63, 3.8) is 0 Å². The fraction of sp³-hybridized carbons (Fsp3) is 0.471. The van der Waals surface area contributed by atoms with Gasteiger partial charge in [-0.3, -0.25) is 9.69 Å².